The van der Waals surface area contributed by atoms with Crippen molar-refractivity contribution in [1.82, 2.24) is 14.1 Å². The van der Waals surface area contributed by atoms with Gasteiger partial charge in [-0.05, 0) is 157 Å². The standard InChI is InChI=1S/C78H69N5O/c1-76(2,3)54-40-41-79-74(47-54)83-70-33-21-31-66(63-29-17-16-28-62(63)53-34-37-65-64-30-18-19-32-68(64)82(71(65)43-53)57-24-14-11-15-25-57)75(70)67-38-36-61(49-72(67)83)84-60-27-20-26-58(48-60)80-50-81(59-45-55(77(4,5)6)44-56(46-59)78(7,8)9)69-39-35-52(42-73(69)80)51-22-12-10-13-23-51/h10-49H,50H2,1-9H3. The highest BCUT2D eigenvalue weighted by molar-refractivity contribution is 6.17. The minimum atomic E-state index is -0.0883. The second kappa shape index (κ2) is 20.1. The lowest BCUT2D eigenvalue weighted by molar-refractivity contribution is 0.483. The third-order valence-corrected chi connectivity index (χ3v) is 17.1. The molecule has 0 saturated carbocycles. The van der Waals surface area contributed by atoms with Crippen LogP contribution in [0.4, 0.5) is 22.7 Å². The molecular formula is C78H69N5O. The van der Waals surface area contributed by atoms with Crippen LogP contribution in [-0.2, 0) is 16.2 Å². The highest BCUT2D eigenvalue weighted by atomic mass is 16.5. The van der Waals surface area contributed by atoms with E-state index in [-0.39, 0.29) is 16.2 Å². The average Bonchev–Trinajstić information content (AvgIpc) is 2.56. The van der Waals surface area contributed by atoms with Gasteiger partial charge in [-0.25, -0.2) is 4.98 Å². The second-order valence-electron chi connectivity index (χ2n) is 25.8. The topological polar surface area (TPSA) is 38.5 Å². The Morgan fingerprint density at radius 1 is 0.345 bits per heavy atom. The molecule has 84 heavy (non-hydrogen) atoms. The number of pyridine rings is 1. The van der Waals surface area contributed by atoms with E-state index in [0.717, 1.165) is 72.9 Å². The number of fused-ring (bicyclic) bond motifs is 7. The lowest BCUT2D eigenvalue weighted by Crippen LogP contribution is -2.25. The van der Waals surface area contributed by atoms with Crippen LogP contribution in [0.3, 0.4) is 0 Å². The van der Waals surface area contributed by atoms with Gasteiger partial charge in [0.2, 0.25) is 0 Å². The maximum atomic E-state index is 7.06. The molecule has 0 unspecified atom stereocenters. The minimum Gasteiger partial charge on any atom is -0.457 e. The molecule has 0 N–H and O–H groups in total. The Labute approximate surface area is 493 Å². The zero-order chi connectivity index (χ0) is 57.6. The van der Waals surface area contributed by atoms with E-state index < -0.39 is 0 Å². The van der Waals surface area contributed by atoms with Gasteiger partial charge in [-0.3, -0.25) is 4.57 Å². The number of nitrogens with zero attached hydrogens (tertiary/aromatic N) is 5. The highest BCUT2D eigenvalue weighted by Gasteiger charge is 2.32. The zero-order valence-corrected chi connectivity index (χ0v) is 49.4. The number of ether oxygens (including phenoxy) is 1. The fourth-order valence-corrected chi connectivity index (χ4v) is 12.5. The minimum absolute atomic E-state index is 0.0249. The van der Waals surface area contributed by atoms with Crippen LogP contribution < -0.4 is 14.5 Å². The Morgan fingerprint density at radius 2 is 0.940 bits per heavy atom. The molecule has 0 amide bonds. The zero-order valence-electron chi connectivity index (χ0n) is 49.4. The lowest BCUT2D eigenvalue weighted by Gasteiger charge is -2.29. The molecule has 13 aromatic rings. The van der Waals surface area contributed by atoms with Gasteiger partial charge < -0.3 is 19.1 Å². The first kappa shape index (κ1) is 52.4. The van der Waals surface area contributed by atoms with Crippen molar-refractivity contribution in [3.05, 3.63) is 259 Å². The van der Waals surface area contributed by atoms with Gasteiger partial charge in [0, 0.05) is 56.9 Å². The van der Waals surface area contributed by atoms with Gasteiger partial charge in [-0.2, -0.15) is 0 Å². The molecule has 14 rings (SSSR count). The molecule has 0 bridgehead atoms. The maximum Gasteiger partial charge on any atom is 0.137 e. The fourth-order valence-electron chi connectivity index (χ4n) is 12.5. The van der Waals surface area contributed by atoms with E-state index in [4.69, 9.17) is 9.72 Å². The van der Waals surface area contributed by atoms with Crippen LogP contribution in [-0.4, -0.2) is 20.8 Å². The van der Waals surface area contributed by atoms with Crippen molar-refractivity contribution < 1.29 is 4.74 Å². The molecule has 412 valence electrons. The van der Waals surface area contributed by atoms with Gasteiger partial charge in [-0.1, -0.05) is 196 Å². The Balaban J connectivity index is 0.885. The predicted molar refractivity (Wildman–Crippen MR) is 354 cm³/mol. The molecule has 6 nitrogen and oxygen atoms in total. The molecule has 0 radical (unpaired) electrons. The van der Waals surface area contributed by atoms with Gasteiger partial charge >= 0.3 is 0 Å². The number of anilines is 4. The van der Waals surface area contributed by atoms with Crippen molar-refractivity contribution in [2.24, 2.45) is 0 Å². The largest absolute Gasteiger partial charge is 0.457 e. The molecule has 0 fully saturated rings. The van der Waals surface area contributed by atoms with Crippen molar-refractivity contribution in [2.45, 2.75) is 78.6 Å². The normalized spacial score (nSPS) is 13.0. The smallest absolute Gasteiger partial charge is 0.137 e. The maximum absolute atomic E-state index is 7.06. The number of hydrogen-bond acceptors (Lipinski definition) is 4. The van der Waals surface area contributed by atoms with Crippen molar-refractivity contribution >= 4 is 66.4 Å². The summed E-state index contributed by atoms with van der Waals surface area (Å²) in [5.74, 6) is 2.36. The molecule has 0 aliphatic carbocycles. The van der Waals surface area contributed by atoms with Gasteiger partial charge in [0.05, 0.1) is 33.4 Å². The number of para-hydroxylation sites is 2. The van der Waals surface area contributed by atoms with Crippen LogP contribution in [0.25, 0.3) is 88.5 Å². The summed E-state index contributed by atoms with van der Waals surface area (Å²) in [5.41, 5.74) is 20.9. The van der Waals surface area contributed by atoms with Gasteiger partial charge in [0.15, 0.2) is 0 Å². The molecule has 0 spiro atoms. The summed E-state index contributed by atoms with van der Waals surface area (Å²) in [5, 5.41) is 4.75. The van der Waals surface area contributed by atoms with Crippen LogP contribution in [0.5, 0.6) is 11.5 Å². The summed E-state index contributed by atoms with van der Waals surface area (Å²) in [6, 6.07) is 86.4. The number of benzene rings is 10. The first-order chi connectivity index (χ1) is 40.5. The lowest BCUT2D eigenvalue weighted by atomic mass is 9.80. The monoisotopic (exact) mass is 1090 g/mol. The van der Waals surface area contributed by atoms with E-state index in [1.54, 1.807) is 0 Å². The highest BCUT2D eigenvalue weighted by Crippen LogP contribution is 2.49. The molecule has 10 aromatic carbocycles. The summed E-state index contributed by atoms with van der Waals surface area (Å²) >= 11 is 0. The molecular weight excluding hydrogens is 1020 g/mol. The van der Waals surface area contributed by atoms with Crippen molar-refractivity contribution in [2.75, 3.05) is 16.5 Å². The number of hydrogen-bond donors (Lipinski definition) is 0. The van der Waals surface area contributed by atoms with Crippen LogP contribution in [0.1, 0.15) is 79.0 Å². The van der Waals surface area contributed by atoms with Crippen molar-refractivity contribution in [3.63, 3.8) is 0 Å². The molecule has 0 atom stereocenters. The van der Waals surface area contributed by atoms with E-state index in [9.17, 15) is 0 Å². The summed E-state index contributed by atoms with van der Waals surface area (Å²) in [6.07, 6.45) is 1.95. The van der Waals surface area contributed by atoms with E-state index in [1.807, 2.05) is 6.20 Å². The van der Waals surface area contributed by atoms with Crippen LogP contribution in [0.2, 0.25) is 0 Å². The molecule has 1 aliphatic heterocycles. The van der Waals surface area contributed by atoms with Crippen molar-refractivity contribution in [1.29, 1.82) is 0 Å². The van der Waals surface area contributed by atoms with E-state index >= 15 is 0 Å². The Kier molecular flexibility index (Phi) is 12.5. The first-order valence-electron chi connectivity index (χ1n) is 29.4. The Bertz CT molecular complexity index is 4650. The van der Waals surface area contributed by atoms with Crippen LogP contribution >= 0.6 is 0 Å². The third-order valence-electron chi connectivity index (χ3n) is 17.1. The summed E-state index contributed by atoms with van der Waals surface area (Å²) in [4.78, 5) is 10.0. The number of rotatable bonds is 9. The first-order valence-corrected chi connectivity index (χ1v) is 29.4. The Morgan fingerprint density at radius 3 is 1.70 bits per heavy atom. The van der Waals surface area contributed by atoms with Gasteiger partial charge in [0.25, 0.3) is 0 Å². The van der Waals surface area contributed by atoms with Crippen LogP contribution in [0, 0.1) is 0 Å². The molecule has 6 heteroatoms. The average molecular weight is 1090 g/mol. The summed E-state index contributed by atoms with van der Waals surface area (Å²) in [7, 11) is 0. The molecule has 4 heterocycles. The van der Waals surface area contributed by atoms with Gasteiger partial charge in [0.1, 0.15) is 24.0 Å². The fraction of sp³-hybridized carbons (Fsp3) is 0.167. The third kappa shape index (κ3) is 9.27. The van der Waals surface area contributed by atoms with Crippen LogP contribution in [0.15, 0.2) is 243 Å². The quantitative estimate of drug-likeness (QED) is 0.144. The summed E-state index contributed by atoms with van der Waals surface area (Å²) < 4.78 is 11.8. The SMILES string of the molecule is CC(C)(C)c1cc(N2CN(c3cccc(Oc4ccc5c6c(-c7ccccc7-c7ccc8c9ccccc9n(-c9ccccc9)c8c7)cccc6n(-c6cc(C(C)(C)C)ccn6)c5c4)c3)c3cc(-c4ccccc4)ccc32)cc(C(C)(C)C)c1. The van der Waals surface area contributed by atoms with Crippen molar-refractivity contribution in [3.8, 4) is 56.4 Å². The van der Waals surface area contributed by atoms with E-state index in [1.165, 1.54) is 66.6 Å². The molecule has 1 aliphatic rings. The molecule has 0 saturated heterocycles. The van der Waals surface area contributed by atoms with E-state index in [2.05, 4.69) is 318 Å². The second-order valence-corrected chi connectivity index (χ2v) is 25.8. The number of aromatic nitrogens is 3. The summed E-state index contributed by atoms with van der Waals surface area (Å²) in [6.45, 7) is 21.3. The molecule has 3 aromatic heterocycles. The predicted octanol–water partition coefficient (Wildman–Crippen LogP) is 21.2. The Hall–Kier alpha value is -9.65. The van der Waals surface area contributed by atoms with E-state index in [0.29, 0.717) is 6.67 Å². The van der Waals surface area contributed by atoms with Gasteiger partial charge in [-0.15, -0.1) is 0 Å².